The molecule has 0 atom stereocenters. The number of halogens is 1. The second kappa shape index (κ2) is 5.62. The van der Waals surface area contributed by atoms with Gasteiger partial charge in [-0.1, -0.05) is 12.1 Å². The van der Waals surface area contributed by atoms with Crippen molar-refractivity contribution >= 4 is 5.69 Å². The van der Waals surface area contributed by atoms with Crippen LogP contribution in [0.3, 0.4) is 0 Å². The average Bonchev–Trinajstić information content (AvgIpc) is 2.43. The number of aryl methyl sites for hydroxylation is 2. The van der Waals surface area contributed by atoms with Crippen molar-refractivity contribution in [1.29, 1.82) is 5.26 Å². The average molecular weight is 270 g/mol. The van der Waals surface area contributed by atoms with Crippen molar-refractivity contribution in [2.75, 3.05) is 5.73 Å². The van der Waals surface area contributed by atoms with Gasteiger partial charge in [-0.3, -0.25) is 0 Å². The van der Waals surface area contributed by atoms with Crippen LogP contribution in [0.15, 0.2) is 30.3 Å². The first-order valence-corrected chi connectivity index (χ1v) is 6.20. The first-order chi connectivity index (χ1) is 9.52. The number of rotatable bonds is 3. The molecule has 2 aromatic rings. The predicted octanol–water partition coefficient (Wildman–Crippen LogP) is 3.48. The Labute approximate surface area is 117 Å². The Morgan fingerprint density at radius 2 is 2.00 bits per heavy atom. The van der Waals surface area contributed by atoms with Crippen molar-refractivity contribution < 1.29 is 9.13 Å². The number of anilines is 1. The van der Waals surface area contributed by atoms with Gasteiger partial charge in [-0.25, -0.2) is 4.39 Å². The lowest BCUT2D eigenvalue weighted by molar-refractivity contribution is 0.297. The highest BCUT2D eigenvalue weighted by Crippen LogP contribution is 2.25. The monoisotopic (exact) mass is 270 g/mol. The Balaban J connectivity index is 2.22. The molecule has 0 saturated carbocycles. The molecule has 0 aliphatic heterocycles. The number of benzene rings is 2. The summed E-state index contributed by atoms with van der Waals surface area (Å²) >= 11 is 0. The molecule has 0 aromatic heterocycles. The van der Waals surface area contributed by atoms with Crippen molar-refractivity contribution in [2.45, 2.75) is 20.5 Å². The summed E-state index contributed by atoms with van der Waals surface area (Å²) in [4.78, 5) is 0. The highest BCUT2D eigenvalue weighted by atomic mass is 19.1. The maximum atomic E-state index is 13.9. The van der Waals surface area contributed by atoms with Crippen LogP contribution in [0.1, 0.15) is 22.3 Å². The fraction of sp³-hybridized carbons (Fsp3) is 0.188. The van der Waals surface area contributed by atoms with Crippen LogP contribution in [0.2, 0.25) is 0 Å². The fourth-order valence-corrected chi connectivity index (χ4v) is 1.90. The molecular formula is C16H15FN2O. The summed E-state index contributed by atoms with van der Waals surface area (Å²) in [5, 5.41) is 8.79. The minimum absolute atomic E-state index is 0.0244. The zero-order chi connectivity index (χ0) is 14.7. The largest absolute Gasteiger partial charge is 0.489 e. The van der Waals surface area contributed by atoms with E-state index < -0.39 is 5.82 Å². The van der Waals surface area contributed by atoms with E-state index in [4.69, 9.17) is 15.7 Å². The van der Waals surface area contributed by atoms with E-state index >= 15 is 0 Å². The molecule has 0 bridgehead atoms. The lowest BCUT2D eigenvalue weighted by atomic mass is 10.1. The normalized spacial score (nSPS) is 10.1. The van der Waals surface area contributed by atoms with Crippen molar-refractivity contribution in [3.8, 4) is 11.8 Å². The van der Waals surface area contributed by atoms with E-state index in [0.717, 1.165) is 11.1 Å². The van der Waals surface area contributed by atoms with E-state index in [0.29, 0.717) is 17.0 Å². The number of nitriles is 1. The van der Waals surface area contributed by atoms with Gasteiger partial charge in [0, 0.05) is 11.3 Å². The summed E-state index contributed by atoms with van der Waals surface area (Å²) in [6, 6.07) is 10.2. The summed E-state index contributed by atoms with van der Waals surface area (Å²) in [7, 11) is 0. The fourth-order valence-electron chi connectivity index (χ4n) is 1.90. The van der Waals surface area contributed by atoms with Crippen LogP contribution < -0.4 is 10.5 Å². The maximum absolute atomic E-state index is 13.9. The van der Waals surface area contributed by atoms with Crippen LogP contribution in [0.4, 0.5) is 10.1 Å². The molecule has 0 amide bonds. The molecule has 2 rings (SSSR count). The van der Waals surface area contributed by atoms with Gasteiger partial charge in [0.25, 0.3) is 0 Å². The van der Waals surface area contributed by atoms with Gasteiger partial charge in [-0.2, -0.15) is 5.26 Å². The SMILES string of the molecule is Cc1cc(OCc2cccc(C#N)c2F)c(C)cc1N. The molecule has 0 unspecified atom stereocenters. The minimum Gasteiger partial charge on any atom is -0.489 e. The summed E-state index contributed by atoms with van der Waals surface area (Å²) in [6.07, 6.45) is 0. The Hall–Kier alpha value is -2.54. The number of hydrogen-bond donors (Lipinski definition) is 1. The van der Waals surface area contributed by atoms with Crippen molar-refractivity contribution in [2.24, 2.45) is 0 Å². The molecule has 3 nitrogen and oxygen atoms in total. The second-order valence-corrected chi connectivity index (χ2v) is 4.65. The third-order valence-corrected chi connectivity index (χ3v) is 3.15. The van der Waals surface area contributed by atoms with E-state index in [1.807, 2.05) is 32.0 Å². The Bertz CT molecular complexity index is 690. The summed E-state index contributed by atoms with van der Waals surface area (Å²) < 4.78 is 19.5. The molecule has 0 heterocycles. The van der Waals surface area contributed by atoms with Crippen LogP contribution in [0, 0.1) is 31.0 Å². The van der Waals surface area contributed by atoms with Crippen LogP contribution >= 0.6 is 0 Å². The van der Waals surface area contributed by atoms with E-state index in [2.05, 4.69) is 0 Å². The molecule has 0 aliphatic rings. The first-order valence-electron chi connectivity index (χ1n) is 6.20. The van der Waals surface area contributed by atoms with Crippen LogP contribution in [-0.2, 0) is 6.61 Å². The molecule has 20 heavy (non-hydrogen) atoms. The maximum Gasteiger partial charge on any atom is 0.147 e. The van der Waals surface area contributed by atoms with Crippen molar-refractivity contribution in [3.63, 3.8) is 0 Å². The second-order valence-electron chi connectivity index (χ2n) is 4.65. The number of nitrogens with zero attached hydrogens (tertiary/aromatic N) is 1. The topological polar surface area (TPSA) is 59.0 Å². The van der Waals surface area contributed by atoms with Crippen molar-refractivity contribution in [1.82, 2.24) is 0 Å². The predicted molar refractivity (Wildman–Crippen MR) is 75.8 cm³/mol. The van der Waals surface area contributed by atoms with E-state index in [1.165, 1.54) is 6.07 Å². The molecule has 2 aromatic carbocycles. The Morgan fingerprint density at radius 3 is 2.70 bits per heavy atom. The number of nitrogens with two attached hydrogens (primary N) is 1. The Kier molecular flexibility index (Phi) is 3.90. The van der Waals surface area contributed by atoms with Crippen molar-refractivity contribution in [3.05, 3.63) is 58.4 Å². The zero-order valence-electron chi connectivity index (χ0n) is 11.4. The number of hydrogen-bond acceptors (Lipinski definition) is 3. The lowest BCUT2D eigenvalue weighted by Crippen LogP contribution is -2.02. The third kappa shape index (κ3) is 2.72. The summed E-state index contributed by atoms with van der Waals surface area (Å²) in [5.74, 6) is 0.137. The van der Waals surface area contributed by atoms with Crippen LogP contribution in [0.25, 0.3) is 0 Å². The molecular weight excluding hydrogens is 255 g/mol. The van der Waals surface area contributed by atoms with Gasteiger partial charge in [0.15, 0.2) is 0 Å². The van der Waals surface area contributed by atoms with Gasteiger partial charge < -0.3 is 10.5 Å². The standard InChI is InChI=1S/C16H15FN2O/c1-10-7-15(11(2)6-14(10)19)20-9-13-5-3-4-12(8-18)16(13)17/h3-7H,9,19H2,1-2H3. The molecule has 0 fully saturated rings. The van der Waals surface area contributed by atoms with E-state index in [-0.39, 0.29) is 12.2 Å². The molecule has 0 spiro atoms. The van der Waals surface area contributed by atoms with Gasteiger partial charge in [0.1, 0.15) is 24.2 Å². The Morgan fingerprint density at radius 1 is 1.25 bits per heavy atom. The smallest absolute Gasteiger partial charge is 0.147 e. The molecule has 102 valence electrons. The third-order valence-electron chi connectivity index (χ3n) is 3.15. The van der Waals surface area contributed by atoms with E-state index in [9.17, 15) is 4.39 Å². The lowest BCUT2D eigenvalue weighted by Gasteiger charge is -2.12. The zero-order valence-corrected chi connectivity index (χ0v) is 11.4. The molecule has 0 aliphatic carbocycles. The van der Waals surface area contributed by atoms with Gasteiger partial charge in [-0.05, 0) is 43.2 Å². The molecule has 2 N–H and O–H groups in total. The highest BCUT2D eigenvalue weighted by molar-refractivity contribution is 5.53. The van der Waals surface area contributed by atoms with Gasteiger partial charge in [-0.15, -0.1) is 0 Å². The molecule has 4 heteroatoms. The number of nitrogen functional groups attached to an aromatic ring is 1. The first kappa shape index (κ1) is 13.9. The van der Waals surface area contributed by atoms with Gasteiger partial charge in [0.05, 0.1) is 5.56 Å². The number of ether oxygens (including phenoxy) is 1. The molecule has 0 radical (unpaired) electrons. The summed E-state index contributed by atoms with van der Waals surface area (Å²) in [5.41, 5.74) is 8.70. The van der Waals surface area contributed by atoms with Crippen LogP contribution in [0.5, 0.6) is 5.75 Å². The minimum atomic E-state index is -0.528. The highest BCUT2D eigenvalue weighted by Gasteiger charge is 2.09. The van der Waals surface area contributed by atoms with Gasteiger partial charge >= 0.3 is 0 Å². The molecule has 0 saturated heterocycles. The summed E-state index contributed by atoms with van der Waals surface area (Å²) in [6.45, 7) is 3.84. The van der Waals surface area contributed by atoms with Crippen LogP contribution in [-0.4, -0.2) is 0 Å². The van der Waals surface area contributed by atoms with E-state index in [1.54, 1.807) is 12.1 Å². The quantitative estimate of drug-likeness (QED) is 0.869. The van der Waals surface area contributed by atoms with Gasteiger partial charge in [0.2, 0.25) is 0 Å².